The van der Waals surface area contributed by atoms with E-state index in [0.717, 1.165) is 25.1 Å². The first-order chi connectivity index (χ1) is 7.85. The van der Waals surface area contributed by atoms with Gasteiger partial charge in [0.2, 0.25) is 0 Å². The number of hydrogen-bond acceptors (Lipinski definition) is 2. The molecule has 0 fully saturated rings. The van der Waals surface area contributed by atoms with E-state index in [1.54, 1.807) is 0 Å². The molecule has 2 heteroatoms. The van der Waals surface area contributed by atoms with Crippen molar-refractivity contribution in [3.05, 3.63) is 29.3 Å². The Bertz CT molecular complexity index is 377. The van der Waals surface area contributed by atoms with Gasteiger partial charge in [-0.3, -0.25) is 0 Å². The van der Waals surface area contributed by atoms with Crippen LogP contribution in [0.5, 0.6) is 0 Å². The average Bonchev–Trinajstić information content (AvgIpc) is 2.39. The summed E-state index contributed by atoms with van der Waals surface area (Å²) in [4.78, 5) is 2.37. The summed E-state index contributed by atoms with van der Waals surface area (Å²) in [5, 5.41) is 8.80. The highest BCUT2D eigenvalue weighted by Gasteiger charge is 2.15. The van der Waals surface area contributed by atoms with E-state index >= 15 is 0 Å². The van der Waals surface area contributed by atoms with Gasteiger partial charge in [0.25, 0.3) is 0 Å². The van der Waals surface area contributed by atoms with Gasteiger partial charge in [-0.15, -0.1) is 0 Å². The number of fused-ring (bicyclic) bond motifs is 1. The number of benzene rings is 1. The van der Waals surface area contributed by atoms with Crippen LogP contribution >= 0.6 is 0 Å². The predicted octanol–water partition coefficient (Wildman–Crippen LogP) is 3.36. The first kappa shape index (κ1) is 12.6. The minimum Gasteiger partial charge on any atom is -0.372 e. The van der Waals surface area contributed by atoms with Crippen molar-refractivity contribution in [2.24, 2.45) is 0 Å². The van der Waals surface area contributed by atoms with Crippen molar-refractivity contribution in [1.82, 2.24) is 0 Å². The number of nitriles is 1. The quantitative estimate of drug-likeness (QED) is 0.719. The molecule has 1 aromatic rings. The number of anilines is 1. The van der Waals surface area contributed by atoms with Gasteiger partial charge < -0.3 is 4.90 Å². The average molecular weight is 216 g/mol. The van der Waals surface area contributed by atoms with Crippen LogP contribution in [0.3, 0.4) is 0 Å². The lowest BCUT2D eigenvalue weighted by atomic mass is 9.99. The minimum absolute atomic E-state index is 0.779. The molecule has 0 unspecified atom stereocenters. The van der Waals surface area contributed by atoms with Crippen LogP contribution in [0.2, 0.25) is 0 Å². The van der Waals surface area contributed by atoms with Gasteiger partial charge in [-0.05, 0) is 43.5 Å². The monoisotopic (exact) mass is 216 g/mol. The second kappa shape index (κ2) is 6.17. The Hall–Kier alpha value is -1.49. The van der Waals surface area contributed by atoms with Crippen molar-refractivity contribution >= 4 is 5.69 Å². The van der Waals surface area contributed by atoms with Gasteiger partial charge >= 0.3 is 0 Å². The molecule has 0 aromatic heterocycles. The molecule has 0 spiro atoms. The number of hydrogen-bond donors (Lipinski definition) is 0. The van der Waals surface area contributed by atoms with E-state index in [4.69, 9.17) is 5.26 Å². The third-order valence-electron chi connectivity index (χ3n) is 2.81. The molecular formula is C14H20N2. The maximum atomic E-state index is 8.80. The zero-order valence-electron chi connectivity index (χ0n) is 10.5. The van der Waals surface area contributed by atoms with Crippen molar-refractivity contribution < 1.29 is 0 Å². The topological polar surface area (TPSA) is 27.0 Å². The Morgan fingerprint density at radius 2 is 2.12 bits per heavy atom. The van der Waals surface area contributed by atoms with E-state index in [-0.39, 0.29) is 0 Å². The molecule has 1 aliphatic heterocycles. The van der Waals surface area contributed by atoms with E-state index in [0.29, 0.717) is 0 Å². The molecule has 1 aliphatic rings. The van der Waals surface area contributed by atoms with Gasteiger partial charge in [0, 0.05) is 18.8 Å². The molecule has 0 bridgehead atoms. The number of nitrogens with zero attached hydrogens (tertiary/aromatic N) is 2. The molecule has 0 amide bonds. The molecule has 0 saturated carbocycles. The first-order valence-corrected chi connectivity index (χ1v) is 6.13. The lowest BCUT2D eigenvalue weighted by Gasteiger charge is -2.30. The van der Waals surface area contributed by atoms with E-state index in [9.17, 15) is 0 Å². The summed E-state index contributed by atoms with van der Waals surface area (Å²) >= 11 is 0. The van der Waals surface area contributed by atoms with Crippen molar-refractivity contribution in [2.75, 3.05) is 18.0 Å². The highest BCUT2D eigenvalue weighted by Crippen LogP contribution is 2.27. The fourth-order valence-corrected chi connectivity index (χ4v) is 2.07. The summed E-state index contributed by atoms with van der Waals surface area (Å²) in [5.41, 5.74) is 3.43. The Kier molecular flexibility index (Phi) is 4.85. The highest BCUT2D eigenvalue weighted by atomic mass is 15.1. The fraction of sp³-hybridized carbons (Fsp3) is 0.500. The molecule has 1 heterocycles. The Morgan fingerprint density at radius 1 is 1.38 bits per heavy atom. The van der Waals surface area contributed by atoms with Gasteiger partial charge in [0.05, 0.1) is 11.6 Å². The van der Waals surface area contributed by atoms with Crippen molar-refractivity contribution in [1.29, 1.82) is 5.26 Å². The molecule has 0 atom stereocenters. The van der Waals surface area contributed by atoms with Crippen LogP contribution in [0.1, 0.15) is 38.3 Å². The van der Waals surface area contributed by atoms with E-state index < -0.39 is 0 Å². The van der Waals surface area contributed by atoms with Crippen LogP contribution < -0.4 is 4.90 Å². The molecule has 16 heavy (non-hydrogen) atoms. The molecule has 86 valence electrons. The molecule has 0 N–H and O–H groups in total. The molecule has 1 aromatic carbocycles. The molecule has 0 radical (unpaired) electrons. The summed E-state index contributed by atoms with van der Waals surface area (Å²) in [6, 6.07) is 8.21. The van der Waals surface area contributed by atoms with Gasteiger partial charge in [0.15, 0.2) is 0 Å². The highest BCUT2D eigenvalue weighted by molar-refractivity contribution is 5.58. The number of rotatable bonds is 1. The van der Waals surface area contributed by atoms with E-state index in [1.807, 2.05) is 26.0 Å². The largest absolute Gasteiger partial charge is 0.372 e. The SMILES string of the molecule is CC.CCN1CCCc2cc(C#N)ccc21. The van der Waals surface area contributed by atoms with Crippen LogP contribution in [0.15, 0.2) is 18.2 Å². The molecule has 2 nitrogen and oxygen atoms in total. The third kappa shape index (κ3) is 2.55. The van der Waals surface area contributed by atoms with Crippen LogP contribution in [0.4, 0.5) is 5.69 Å². The molecule has 0 aliphatic carbocycles. The molecule has 0 saturated heterocycles. The smallest absolute Gasteiger partial charge is 0.0991 e. The minimum atomic E-state index is 0.779. The summed E-state index contributed by atoms with van der Waals surface area (Å²) in [6.45, 7) is 8.38. The maximum Gasteiger partial charge on any atom is 0.0991 e. The van der Waals surface area contributed by atoms with Crippen molar-refractivity contribution in [3.8, 4) is 6.07 Å². The lowest BCUT2D eigenvalue weighted by Crippen LogP contribution is -2.28. The van der Waals surface area contributed by atoms with Gasteiger partial charge in [-0.1, -0.05) is 13.8 Å². The van der Waals surface area contributed by atoms with Gasteiger partial charge in [-0.2, -0.15) is 5.26 Å². The first-order valence-electron chi connectivity index (χ1n) is 6.13. The lowest BCUT2D eigenvalue weighted by molar-refractivity contribution is 0.707. The second-order valence-corrected chi connectivity index (χ2v) is 3.64. The predicted molar refractivity (Wildman–Crippen MR) is 68.7 cm³/mol. The van der Waals surface area contributed by atoms with E-state index in [2.05, 4.69) is 24.0 Å². The van der Waals surface area contributed by atoms with Crippen molar-refractivity contribution in [3.63, 3.8) is 0 Å². The Balaban J connectivity index is 0.000000606. The van der Waals surface area contributed by atoms with Crippen molar-refractivity contribution in [2.45, 2.75) is 33.6 Å². The van der Waals surface area contributed by atoms with Gasteiger partial charge in [-0.25, -0.2) is 0 Å². The standard InChI is InChI=1S/C12H14N2.C2H6/c1-2-14-7-3-4-11-8-10(9-13)5-6-12(11)14;1-2/h5-6,8H,2-4,7H2,1H3;1-2H3. The second-order valence-electron chi connectivity index (χ2n) is 3.64. The zero-order chi connectivity index (χ0) is 12.0. The molecule has 2 rings (SSSR count). The zero-order valence-corrected chi connectivity index (χ0v) is 10.5. The van der Waals surface area contributed by atoms with Crippen LogP contribution in [-0.2, 0) is 6.42 Å². The summed E-state index contributed by atoms with van der Waals surface area (Å²) in [5.74, 6) is 0. The summed E-state index contributed by atoms with van der Waals surface area (Å²) in [7, 11) is 0. The van der Waals surface area contributed by atoms with Gasteiger partial charge in [0.1, 0.15) is 0 Å². The normalized spacial score (nSPS) is 13.2. The summed E-state index contributed by atoms with van der Waals surface area (Å²) in [6.07, 6.45) is 2.32. The third-order valence-corrected chi connectivity index (χ3v) is 2.81. The maximum absolute atomic E-state index is 8.80. The summed E-state index contributed by atoms with van der Waals surface area (Å²) < 4.78 is 0. The van der Waals surface area contributed by atoms with E-state index in [1.165, 1.54) is 17.7 Å². The van der Waals surface area contributed by atoms with Crippen LogP contribution in [-0.4, -0.2) is 13.1 Å². The molecular weight excluding hydrogens is 196 g/mol. The van der Waals surface area contributed by atoms with Crippen LogP contribution in [0, 0.1) is 11.3 Å². The Labute approximate surface area is 98.5 Å². The fourth-order valence-electron chi connectivity index (χ4n) is 2.07. The number of aryl methyl sites for hydroxylation is 1. The van der Waals surface area contributed by atoms with Crippen LogP contribution in [0.25, 0.3) is 0 Å². The Morgan fingerprint density at radius 3 is 2.75 bits per heavy atom.